The Balaban J connectivity index is 1.59. The van der Waals surface area contributed by atoms with Crippen molar-refractivity contribution in [3.8, 4) is 0 Å². The lowest BCUT2D eigenvalue weighted by Crippen LogP contribution is -2.45. The monoisotopic (exact) mass is 382 g/mol. The van der Waals surface area contributed by atoms with E-state index in [-0.39, 0.29) is 6.10 Å². The second kappa shape index (κ2) is 7.46. The lowest BCUT2D eigenvalue weighted by Gasteiger charge is -2.54. The molecular formula is C27H42O. The molecule has 0 heterocycles. The highest BCUT2D eigenvalue weighted by molar-refractivity contribution is 5.42. The molecule has 1 nitrogen and oxygen atoms in total. The molecule has 0 aromatic carbocycles. The minimum atomic E-state index is -0.113. The quantitative estimate of drug-likeness (QED) is 0.503. The molecule has 4 rings (SSSR count). The Labute approximate surface area is 173 Å². The van der Waals surface area contributed by atoms with Gasteiger partial charge in [0.2, 0.25) is 0 Å². The Bertz CT molecular complexity index is 708. The van der Waals surface area contributed by atoms with Crippen LogP contribution in [0.1, 0.15) is 98.8 Å². The molecule has 0 radical (unpaired) electrons. The second-order valence-corrected chi connectivity index (χ2v) is 11.3. The lowest BCUT2D eigenvalue weighted by atomic mass is 9.51. The highest BCUT2D eigenvalue weighted by Gasteiger charge is 2.54. The molecule has 3 fully saturated rings. The summed E-state index contributed by atoms with van der Waals surface area (Å²) in [6.07, 6.45) is 17.3. The van der Waals surface area contributed by atoms with Gasteiger partial charge in [-0.25, -0.2) is 0 Å². The van der Waals surface area contributed by atoms with Gasteiger partial charge in [0.05, 0.1) is 6.10 Å². The van der Waals surface area contributed by atoms with E-state index in [1.54, 1.807) is 11.1 Å². The Morgan fingerprint density at radius 3 is 2.54 bits per heavy atom. The van der Waals surface area contributed by atoms with Gasteiger partial charge in [0.15, 0.2) is 0 Å². The van der Waals surface area contributed by atoms with Gasteiger partial charge in [0.1, 0.15) is 0 Å². The highest BCUT2D eigenvalue weighted by Crippen LogP contribution is 2.65. The molecule has 3 unspecified atom stereocenters. The molecule has 5 atom stereocenters. The molecule has 0 aromatic heterocycles. The van der Waals surface area contributed by atoms with E-state index < -0.39 is 0 Å². The molecule has 0 spiro atoms. The molecule has 28 heavy (non-hydrogen) atoms. The lowest BCUT2D eigenvalue weighted by molar-refractivity contribution is 0.0645. The van der Waals surface area contributed by atoms with Gasteiger partial charge >= 0.3 is 0 Å². The maximum atomic E-state index is 10.2. The van der Waals surface area contributed by atoms with Crippen LogP contribution in [0, 0.1) is 28.6 Å². The van der Waals surface area contributed by atoms with Gasteiger partial charge in [-0.15, -0.1) is 0 Å². The van der Waals surface area contributed by atoms with E-state index >= 15 is 0 Å². The molecule has 0 amide bonds. The molecule has 0 aliphatic heterocycles. The summed E-state index contributed by atoms with van der Waals surface area (Å²) in [5.41, 5.74) is 7.54. The summed E-state index contributed by atoms with van der Waals surface area (Å²) in [4.78, 5) is 0. The summed E-state index contributed by atoms with van der Waals surface area (Å²) in [5.74, 6) is 2.30. The third-order valence-electron chi connectivity index (χ3n) is 9.18. The van der Waals surface area contributed by atoms with Crippen molar-refractivity contribution in [2.24, 2.45) is 28.6 Å². The van der Waals surface area contributed by atoms with E-state index in [0.717, 1.165) is 30.6 Å². The number of hydrogen-bond acceptors (Lipinski definition) is 1. The standard InChI is InChI=1S/C27H42O/c1-18(2)7-6-8-19(3)23-11-12-24-22-10-9-20-17-21(28)13-15-26(20,4)25(22)14-16-27(23,24)5/h9-10,18,21,24-25,28H,6-8,11-17H2,1-5H3/b23-19+/t21?,24-,25-,26?,27?/m0/s1. The predicted octanol–water partition coefficient (Wildman–Crippen LogP) is 7.37. The van der Waals surface area contributed by atoms with Gasteiger partial charge in [-0.1, -0.05) is 68.6 Å². The van der Waals surface area contributed by atoms with Gasteiger partial charge in [0, 0.05) is 0 Å². The smallest absolute Gasteiger partial charge is 0.0578 e. The summed E-state index contributed by atoms with van der Waals surface area (Å²) in [7, 11) is 0. The molecule has 156 valence electrons. The zero-order valence-electron chi connectivity index (χ0n) is 19.0. The Morgan fingerprint density at radius 2 is 1.79 bits per heavy atom. The maximum Gasteiger partial charge on any atom is 0.0578 e. The number of hydrogen-bond donors (Lipinski definition) is 1. The van der Waals surface area contributed by atoms with Crippen molar-refractivity contribution in [1.29, 1.82) is 0 Å². The fraction of sp³-hybridized carbons (Fsp3) is 0.778. The first-order valence-electron chi connectivity index (χ1n) is 12.0. The van der Waals surface area contributed by atoms with Crippen LogP contribution >= 0.6 is 0 Å². The molecule has 4 aliphatic carbocycles. The summed E-state index contributed by atoms with van der Waals surface area (Å²) < 4.78 is 0. The summed E-state index contributed by atoms with van der Waals surface area (Å²) in [6.45, 7) is 12.2. The van der Waals surface area contributed by atoms with E-state index in [2.05, 4.69) is 46.8 Å². The average Bonchev–Trinajstić information content (AvgIpc) is 2.99. The van der Waals surface area contributed by atoms with Crippen molar-refractivity contribution in [2.75, 3.05) is 0 Å². The Hall–Kier alpha value is -0.820. The zero-order valence-corrected chi connectivity index (χ0v) is 19.0. The normalized spacial score (nSPS) is 41.8. The Kier molecular flexibility index (Phi) is 5.45. The van der Waals surface area contributed by atoms with Crippen LogP contribution < -0.4 is 0 Å². The first kappa shape index (κ1) is 20.5. The van der Waals surface area contributed by atoms with Crippen LogP contribution in [0.4, 0.5) is 0 Å². The number of fused-ring (bicyclic) bond motifs is 5. The van der Waals surface area contributed by atoms with Crippen molar-refractivity contribution < 1.29 is 5.11 Å². The van der Waals surface area contributed by atoms with Crippen molar-refractivity contribution in [2.45, 2.75) is 105 Å². The van der Waals surface area contributed by atoms with Crippen molar-refractivity contribution in [3.63, 3.8) is 0 Å². The van der Waals surface area contributed by atoms with Gasteiger partial charge in [-0.3, -0.25) is 0 Å². The minimum Gasteiger partial charge on any atom is -0.393 e. The third-order valence-corrected chi connectivity index (χ3v) is 9.18. The minimum absolute atomic E-state index is 0.113. The summed E-state index contributed by atoms with van der Waals surface area (Å²) >= 11 is 0. The van der Waals surface area contributed by atoms with Crippen LogP contribution in [0.2, 0.25) is 0 Å². The van der Waals surface area contributed by atoms with Crippen LogP contribution in [0.25, 0.3) is 0 Å². The largest absolute Gasteiger partial charge is 0.393 e. The van der Waals surface area contributed by atoms with Crippen LogP contribution in [0.15, 0.2) is 34.4 Å². The van der Waals surface area contributed by atoms with Crippen LogP contribution in [-0.2, 0) is 0 Å². The first-order chi connectivity index (χ1) is 13.3. The van der Waals surface area contributed by atoms with Crippen LogP contribution in [-0.4, -0.2) is 11.2 Å². The maximum absolute atomic E-state index is 10.2. The number of aliphatic hydroxyl groups is 1. The van der Waals surface area contributed by atoms with Crippen molar-refractivity contribution in [1.82, 2.24) is 0 Å². The van der Waals surface area contributed by atoms with E-state index in [4.69, 9.17) is 0 Å². The molecule has 0 aromatic rings. The number of aliphatic hydroxyl groups excluding tert-OH is 1. The molecule has 0 bridgehead atoms. The predicted molar refractivity (Wildman–Crippen MR) is 119 cm³/mol. The molecule has 1 heteroatoms. The van der Waals surface area contributed by atoms with Gasteiger partial charge in [-0.2, -0.15) is 0 Å². The first-order valence-corrected chi connectivity index (χ1v) is 12.0. The Morgan fingerprint density at radius 1 is 1.07 bits per heavy atom. The summed E-state index contributed by atoms with van der Waals surface area (Å²) in [6, 6.07) is 0. The van der Waals surface area contributed by atoms with Gasteiger partial charge in [0.25, 0.3) is 0 Å². The fourth-order valence-corrected chi connectivity index (χ4v) is 7.43. The van der Waals surface area contributed by atoms with E-state index in [1.807, 2.05) is 5.57 Å². The number of allylic oxidation sites excluding steroid dienone is 5. The van der Waals surface area contributed by atoms with E-state index in [9.17, 15) is 5.11 Å². The molecule has 1 N–H and O–H groups in total. The third kappa shape index (κ3) is 3.26. The topological polar surface area (TPSA) is 20.2 Å². The summed E-state index contributed by atoms with van der Waals surface area (Å²) in [5, 5.41) is 10.2. The van der Waals surface area contributed by atoms with E-state index in [0.29, 0.717) is 10.8 Å². The van der Waals surface area contributed by atoms with Gasteiger partial charge < -0.3 is 5.11 Å². The molecule has 3 saturated carbocycles. The fourth-order valence-electron chi connectivity index (χ4n) is 7.43. The molecule has 0 saturated heterocycles. The molecule has 4 aliphatic rings. The second-order valence-electron chi connectivity index (χ2n) is 11.3. The van der Waals surface area contributed by atoms with Crippen LogP contribution in [0.5, 0.6) is 0 Å². The molecular weight excluding hydrogens is 340 g/mol. The highest BCUT2D eigenvalue weighted by atomic mass is 16.3. The zero-order chi connectivity index (χ0) is 20.1. The van der Waals surface area contributed by atoms with E-state index in [1.165, 1.54) is 56.9 Å². The SMILES string of the molecule is C/C(CCCC(C)C)=C1/CC[C@H]2C3=CC=C4CC(O)CCC4(C)[C@H]3CCC12C. The van der Waals surface area contributed by atoms with Crippen LogP contribution in [0.3, 0.4) is 0 Å². The average molecular weight is 383 g/mol. The van der Waals surface area contributed by atoms with Crippen molar-refractivity contribution in [3.05, 3.63) is 34.4 Å². The van der Waals surface area contributed by atoms with Crippen molar-refractivity contribution >= 4 is 0 Å². The number of rotatable bonds is 4. The van der Waals surface area contributed by atoms with Gasteiger partial charge in [-0.05, 0) is 93.3 Å².